The molecule has 3 aromatic rings. The van der Waals surface area contributed by atoms with E-state index in [0.29, 0.717) is 24.1 Å². The summed E-state index contributed by atoms with van der Waals surface area (Å²) in [6.07, 6.45) is 1.44. The zero-order chi connectivity index (χ0) is 22.9. The minimum Gasteiger partial charge on any atom is -0.480 e. The molecule has 0 atom stereocenters. The van der Waals surface area contributed by atoms with Crippen molar-refractivity contribution in [1.82, 2.24) is 19.9 Å². The van der Waals surface area contributed by atoms with Crippen LogP contribution in [0.1, 0.15) is 30.5 Å². The van der Waals surface area contributed by atoms with E-state index in [0.717, 1.165) is 29.8 Å². The second-order valence-corrected chi connectivity index (χ2v) is 7.64. The zero-order valence-electron chi connectivity index (χ0n) is 16.9. The van der Waals surface area contributed by atoms with Crippen LogP contribution in [0.4, 0.5) is 30.8 Å². The average Bonchev–Trinajstić information content (AvgIpc) is 2.70. The van der Waals surface area contributed by atoms with Crippen LogP contribution in [0, 0.1) is 6.92 Å². The third kappa shape index (κ3) is 4.46. The number of rotatable bonds is 6. The minimum absolute atomic E-state index is 0.174. The summed E-state index contributed by atoms with van der Waals surface area (Å²) in [7, 11) is 0. The molecule has 3 N–H and O–H groups in total. The van der Waals surface area contributed by atoms with Crippen LogP contribution < -0.4 is 10.6 Å². The minimum atomic E-state index is -4.57. The quantitative estimate of drug-likeness (QED) is 0.512. The molecule has 0 aliphatic heterocycles. The number of hydrogen-bond donors (Lipinski definition) is 3. The lowest BCUT2D eigenvalue weighted by Gasteiger charge is -2.38. The van der Waals surface area contributed by atoms with Crippen molar-refractivity contribution in [2.24, 2.45) is 0 Å². The highest BCUT2D eigenvalue weighted by atomic mass is 19.4. The van der Waals surface area contributed by atoms with Gasteiger partial charge in [0.2, 0.25) is 11.9 Å². The van der Waals surface area contributed by atoms with Gasteiger partial charge in [-0.1, -0.05) is 6.07 Å². The van der Waals surface area contributed by atoms with E-state index < -0.39 is 23.4 Å². The van der Waals surface area contributed by atoms with Crippen molar-refractivity contribution in [3.8, 4) is 11.1 Å². The van der Waals surface area contributed by atoms with Crippen LogP contribution in [-0.2, 0) is 11.0 Å². The number of aliphatic carboxylic acids is 1. The third-order valence-corrected chi connectivity index (χ3v) is 5.23. The fourth-order valence-corrected chi connectivity index (χ4v) is 3.41. The molecule has 0 saturated heterocycles. The van der Waals surface area contributed by atoms with E-state index in [2.05, 4.69) is 30.6 Å². The summed E-state index contributed by atoms with van der Waals surface area (Å²) in [5.74, 6) is -0.881. The van der Waals surface area contributed by atoms with Gasteiger partial charge in [-0.05, 0) is 55.5 Å². The molecule has 2 heterocycles. The molecule has 0 spiro atoms. The number of nitrogens with zero attached hydrogens (tertiary/aromatic N) is 4. The predicted molar refractivity (Wildman–Crippen MR) is 110 cm³/mol. The number of carboxylic acid groups (broad SMARTS) is 1. The van der Waals surface area contributed by atoms with Gasteiger partial charge in [0.05, 0.1) is 0 Å². The average molecular weight is 444 g/mol. The van der Waals surface area contributed by atoms with Crippen molar-refractivity contribution in [3.63, 3.8) is 0 Å². The highest BCUT2D eigenvalue weighted by Crippen LogP contribution is 2.35. The van der Waals surface area contributed by atoms with Crippen molar-refractivity contribution in [1.29, 1.82) is 0 Å². The first-order chi connectivity index (χ1) is 15.1. The number of nitrogens with one attached hydrogen (secondary N) is 2. The highest BCUT2D eigenvalue weighted by molar-refractivity contribution is 5.83. The molecule has 32 heavy (non-hydrogen) atoms. The lowest BCUT2D eigenvalue weighted by atomic mass is 9.77. The normalized spacial score (nSPS) is 15.0. The summed E-state index contributed by atoms with van der Waals surface area (Å²) in [5.41, 5.74) is 0.671. The molecule has 1 aliphatic rings. The van der Waals surface area contributed by atoms with Gasteiger partial charge in [-0.25, -0.2) is 24.7 Å². The van der Waals surface area contributed by atoms with Gasteiger partial charge < -0.3 is 15.7 Å². The van der Waals surface area contributed by atoms with Crippen LogP contribution in [0.3, 0.4) is 0 Å². The molecule has 1 aromatic carbocycles. The molecule has 4 rings (SSSR count). The number of hydrogen-bond acceptors (Lipinski definition) is 7. The molecule has 1 fully saturated rings. The van der Waals surface area contributed by atoms with Gasteiger partial charge in [-0.3, -0.25) is 0 Å². The topological polar surface area (TPSA) is 113 Å². The number of aryl methyl sites for hydroxylation is 1. The van der Waals surface area contributed by atoms with Crippen molar-refractivity contribution >= 4 is 23.6 Å². The van der Waals surface area contributed by atoms with Crippen LogP contribution in [0.15, 0.2) is 42.9 Å². The molecule has 1 aliphatic carbocycles. The number of anilines is 3. The highest BCUT2D eigenvalue weighted by Gasteiger charge is 2.45. The summed E-state index contributed by atoms with van der Waals surface area (Å²) in [6.45, 7) is 1.84. The molecular weight excluding hydrogens is 425 g/mol. The Morgan fingerprint density at radius 2 is 1.78 bits per heavy atom. The molecular formula is C21H19F3N6O2. The van der Waals surface area contributed by atoms with Gasteiger partial charge in [0.15, 0.2) is 0 Å². The van der Waals surface area contributed by atoms with Crippen molar-refractivity contribution in [3.05, 3.63) is 54.1 Å². The van der Waals surface area contributed by atoms with Crippen LogP contribution in [0.2, 0.25) is 0 Å². The number of carboxylic acids is 1. The van der Waals surface area contributed by atoms with E-state index >= 15 is 0 Å². The number of carbonyl (C=O) groups is 1. The smallest absolute Gasteiger partial charge is 0.433 e. The Labute approximate surface area is 181 Å². The Balaban J connectivity index is 1.55. The molecule has 0 unspecified atom stereocenters. The third-order valence-electron chi connectivity index (χ3n) is 5.23. The first-order valence-electron chi connectivity index (χ1n) is 9.78. The second kappa shape index (κ2) is 8.06. The summed E-state index contributed by atoms with van der Waals surface area (Å²) >= 11 is 0. The molecule has 0 bridgehead atoms. The maximum Gasteiger partial charge on any atom is 0.433 e. The first-order valence-corrected chi connectivity index (χ1v) is 9.78. The molecule has 0 radical (unpaired) electrons. The molecule has 0 amide bonds. The summed E-state index contributed by atoms with van der Waals surface area (Å²) in [6, 6.07) is 6.14. The Bertz CT molecular complexity index is 1150. The Hall–Kier alpha value is -3.76. The fourth-order valence-electron chi connectivity index (χ4n) is 3.41. The van der Waals surface area contributed by atoms with Gasteiger partial charge in [-0.15, -0.1) is 0 Å². The lowest BCUT2D eigenvalue weighted by molar-refractivity contribution is -0.145. The summed E-state index contributed by atoms with van der Waals surface area (Å²) in [4.78, 5) is 27.3. The van der Waals surface area contributed by atoms with E-state index in [9.17, 15) is 23.1 Å². The van der Waals surface area contributed by atoms with Crippen molar-refractivity contribution in [2.75, 3.05) is 10.6 Å². The number of halogens is 3. The van der Waals surface area contributed by atoms with Crippen molar-refractivity contribution < 1.29 is 23.1 Å². The van der Waals surface area contributed by atoms with E-state index in [-0.39, 0.29) is 11.9 Å². The van der Waals surface area contributed by atoms with E-state index in [4.69, 9.17) is 0 Å². The van der Waals surface area contributed by atoms with E-state index in [1.807, 2.05) is 13.0 Å². The largest absolute Gasteiger partial charge is 0.480 e. The number of aromatic nitrogens is 4. The lowest BCUT2D eigenvalue weighted by Crippen LogP contribution is -2.52. The van der Waals surface area contributed by atoms with Gasteiger partial charge in [0, 0.05) is 29.8 Å². The standard InChI is InChI=1S/C21H19F3N6O2/c1-12-7-13(9-15(8-12)28-19-25-6-3-16(29-19)21(22,23)24)14-10-26-18(27-11-14)30-20(17(31)32)4-2-5-20/h3,6-11H,2,4-5H2,1H3,(H,31,32)(H,25,28,29)(H,26,27,30). The molecule has 11 heteroatoms. The van der Waals surface area contributed by atoms with Crippen molar-refractivity contribution in [2.45, 2.75) is 37.9 Å². The van der Waals surface area contributed by atoms with Gasteiger partial charge in [0.25, 0.3) is 0 Å². The Morgan fingerprint density at radius 3 is 2.38 bits per heavy atom. The van der Waals surface area contributed by atoms with Crippen LogP contribution in [-0.4, -0.2) is 36.6 Å². The molecule has 8 nitrogen and oxygen atoms in total. The van der Waals surface area contributed by atoms with Gasteiger partial charge in [-0.2, -0.15) is 13.2 Å². The maximum absolute atomic E-state index is 12.9. The first kappa shape index (κ1) is 21.5. The summed E-state index contributed by atoms with van der Waals surface area (Å²) in [5, 5.41) is 15.1. The van der Waals surface area contributed by atoms with E-state index in [1.165, 1.54) is 0 Å². The Kier molecular flexibility index (Phi) is 5.41. The van der Waals surface area contributed by atoms with E-state index in [1.54, 1.807) is 24.5 Å². The zero-order valence-corrected chi connectivity index (χ0v) is 16.9. The summed E-state index contributed by atoms with van der Waals surface area (Å²) < 4.78 is 38.7. The fraction of sp³-hybridized carbons (Fsp3) is 0.286. The van der Waals surface area contributed by atoms with Crippen LogP contribution in [0.5, 0.6) is 0 Å². The molecule has 166 valence electrons. The maximum atomic E-state index is 12.9. The predicted octanol–water partition coefficient (Wildman–Crippen LogP) is 4.42. The van der Waals surface area contributed by atoms with Gasteiger partial charge in [0.1, 0.15) is 11.2 Å². The number of alkyl halides is 3. The van der Waals surface area contributed by atoms with Crippen LogP contribution in [0.25, 0.3) is 11.1 Å². The molecule has 2 aromatic heterocycles. The van der Waals surface area contributed by atoms with Crippen LogP contribution >= 0.6 is 0 Å². The number of benzene rings is 1. The SMILES string of the molecule is Cc1cc(Nc2nccc(C(F)(F)F)n2)cc(-c2cnc(NC3(C(=O)O)CCC3)nc2)c1. The molecule has 1 saturated carbocycles. The van der Waals surface area contributed by atoms with Gasteiger partial charge >= 0.3 is 12.1 Å². The monoisotopic (exact) mass is 444 g/mol. The second-order valence-electron chi connectivity index (χ2n) is 7.64. The Morgan fingerprint density at radius 1 is 1.06 bits per heavy atom.